The lowest BCUT2D eigenvalue weighted by molar-refractivity contribution is 0.0734. The Morgan fingerprint density at radius 2 is 1.53 bits per heavy atom. The minimum atomic E-state index is -3.76. The van der Waals surface area contributed by atoms with Crippen molar-refractivity contribution in [3.8, 4) is 0 Å². The minimum Gasteiger partial charge on any atom is -0.337 e. The fourth-order valence-electron chi connectivity index (χ4n) is 2.71. The van der Waals surface area contributed by atoms with Gasteiger partial charge in [-0.2, -0.15) is 0 Å². The van der Waals surface area contributed by atoms with Gasteiger partial charge in [0.05, 0.1) is 17.3 Å². The molecule has 0 aliphatic heterocycles. The molecule has 0 saturated carbocycles. The maximum Gasteiger partial charge on any atom is 0.274 e. The molecule has 0 aliphatic rings. The first-order chi connectivity index (χ1) is 14.1. The fraction of sp³-hybridized carbons (Fsp3) is 0.500. The van der Waals surface area contributed by atoms with E-state index in [1.54, 1.807) is 17.0 Å². The van der Waals surface area contributed by atoms with Crippen LogP contribution in [0.25, 0.3) is 0 Å². The SMILES string of the molecule is Cc1ccc(S(=O)(=O)Nc2cnc(C(=O)N(CCC(C)C)CCC(C)C)cn2)cc1. The molecule has 0 aliphatic carbocycles. The Bertz CT molecular complexity index is 912. The van der Waals surface area contributed by atoms with Gasteiger partial charge < -0.3 is 4.90 Å². The molecule has 1 amide bonds. The van der Waals surface area contributed by atoms with Crippen molar-refractivity contribution in [1.29, 1.82) is 0 Å². The summed E-state index contributed by atoms with van der Waals surface area (Å²) in [5.41, 5.74) is 1.18. The number of amides is 1. The van der Waals surface area contributed by atoms with Crippen LogP contribution in [0.15, 0.2) is 41.6 Å². The van der Waals surface area contributed by atoms with Gasteiger partial charge in [0.15, 0.2) is 5.82 Å². The Labute approximate surface area is 180 Å². The van der Waals surface area contributed by atoms with E-state index in [0.29, 0.717) is 24.9 Å². The highest BCUT2D eigenvalue weighted by Crippen LogP contribution is 2.15. The van der Waals surface area contributed by atoms with E-state index in [-0.39, 0.29) is 22.3 Å². The molecular weight excluding hydrogens is 400 g/mol. The molecule has 1 N–H and O–H groups in total. The average Bonchev–Trinajstić information content (AvgIpc) is 2.68. The van der Waals surface area contributed by atoms with Gasteiger partial charge in [-0.1, -0.05) is 45.4 Å². The summed E-state index contributed by atoms with van der Waals surface area (Å²) in [5.74, 6) is 0.868. The molecule has 2 aromatic rings. The highest BCUT2D eigenvalue weighted by atomic mass is 32.2. The van der Waals surface area contributed by atoms with Gasteiger partial charge in [-0.15, -0.1) is 0 Å². The van der Waals surface area contributed by atoms with Crippen LogP contribution in [0.5, 0.6) is 0 Å². The van der Waals surface area contributed by atoms with Crippen LogP contribution < -0.4 is 4.72 Å². The van der Waals surface area contributed by atoms with Gasteiger partial charge in [-0.05, 0) is 43.7 Å². The van der Waals surface area contributed by atoms with Gasteiger partial charge in [0.1, 0.15) is 5.69 Å². The molecule has 8 heteroatoms. The number of nitrogens with zero attached hydrogens (tertiary/aromatic N) is 3. The molecule has 7 nitrogen and oxygen atoms in total. The highest BCUT2D eigenvalue weighted by Gasteiger charge is 2.19. The van der Waals surface area contributed by atoms with Crippen LogP contribution in [-0.2, 0) is 10.0 Å². The summed E-state index contributed by atoms with van der Waals surface area (Å²) in [4.78, 5) is 23.1. The third-order valence-corrected chi connectivity index (χ3v) is 6.05. The maximum absolute atomic E-state index is 12.9. The first-order valence-electron chi connectivity index (χ1n) is 10.3. The lowest BCUT2D eigenvalue weighted by Crippen LogP contribution is -2.34. The number of aromatic nitrogens is 2. The van der Waals surface area contributed by atoms with Crippen molar-refractivity contribution < 1.29 is 13.2 Å². The number of carbonyl (C=O) groups is 1. The van der Waals surface area contributed by atoms with Gasteiger partial charge in [-0.25, -0.2) is 18.4 Å². The monoisotopic (exact) mass is 432 g/mol. The van der Waals surface area contributed by atoms with Crippen molar-refractivity contribution in [3.63, 3.8) is 0 Å². The predicted octanol–water partition coefficient (Wildman–Crippen LogP) is 4.12. The van der Waals surface area contributed by atoms with Crippen LogP contribution in [0, 0.1) is 18.8 Å². The van der Waals surface area contributed by atoms with E-state index in [1.165, 1.54) is 24.5 Å². The van der Waals surface area contributed by atoms with Crippen LogP contribution in [-0.4, -0.2) is 42.3 Å². The summed E-state index contributed by atoms with van der Waals surface area (Å²) in [6.07, 6.45) is 4.42. The number of hydrogen-bond acceptors (Lipinski definition) is 5. The van der Waals surface area contributed by atoms with Crippen LogP contribution in [0.4, 0.5) is 5.82 Å². The van der Waals surface area contributed by atoms with Crippen molar-refractivity contribution >= 4 is 21.7 Å². The number of rotatable bonds is 10. The highest BCUT2D eigenvalue weighted by molar-refractivity contribution is 7.92. The summed E-state index contributed by atoms with van der Waals surface area (Å²) in [5, 5.41) is 0. The van der Waals surface area contributed by atoms with Gasteiger partial charge in [0.2, 0.25) is 0 Å². The van der Waals surface area contributed by atoms with Gasteiger partial charge >= 0.3 is 0 Å². The second-order valence-electron chi connectivity index (χ2n) is 8.36. The smallest absolute Gasteiger partial charge is 0.274 e. The van der Waals surface area contributed by atoms with Crippen molar-refractivity contribution in [2.24, 2.45) is 11.8 Å². The van der Waals surface area contributed by atoms with Crippen molar-refractivity contribution in [3.05, 3.63) is 47.9 Å². The molecule has 0 atom stereocenters. The van der Waals surface area contributed by atoms with Crippen molar-refractivity contribution in [1.82, 2.24) is 14.9 Å². The van der Waals surface area contributed by atoms with Crippen LogP contribution in [0.2, 0.25) is 0 Å². The van der Waals surface area contributed by atoms with Crippen LogP contribution in [0.3, 0.4) is 0 Å². The molecule has 0 saturated heterocycles. The molecule has 0 radical (unpaired) electrons. The third kappa shape index (κ3) is 7.09. The number of carbonyl (C=O) groups excluding carboxylic acids is 1. The molecule has 164 valence electrons. The average molecular weight is 433 g/mol. The lowest BCUT2D eigenvalue weighted by atomic mass is 10.1. The summed E-state index contributed by atoms with van der Waals surface area (Å²) < 4.78 is 27.4. The summed E-state index contributed by atoms with van der Waals surface area (Å²) in [6, 6.07) is 6.52. The van der Waals surface area contributed by atoms with E-state index in [2.05, 4.69) is 42.4 Å². The predicted molar refractivity (Wildman–Crippen MR) is 119 cm³/mol. The number of benzene rings is 1. The minimum absolute atomic E-state index is 0.0723. The van der Waals surface area contributed by atoms with Crippen LogP contribution >= 0.6 is 0 Å². The van der Waals surface area contributed by atoms with E-state index in [9.17, 15) is 13.2 Å². The maximum atomic E-state index is 12.9. The normalized spacial score (nSPS) is 11.7. The largest absolute Gasteiger partial charge is 0.337 e. The zero-order valence-corrected chi connectivity index (χ0v) is 19.2. The molecular formula is C22H32N4O3S. The number of hydrogen-bond donors (Lipinski definition) is 1. The first-order valence-corrected chi connectivity index (χ1v) is 11.8. The molecule has 0 unspecified atom stereocenters. The Balaban J connectivity index is 2.11. The molecule has 30 heavy (non-hydrogen) atoms. The zero-order valence-electron chi connectivity index (χ0n) is 18.4. The van der Waals surface area contributed by atoms with E-state index >= 15 is 0 Å². The second kappa shape index (κ2) is 10.5. The molecule has 1 aromatic carbocycles. The Hall–Kier alpha value is -2.48. The summed E-state index contributed by atoms with van der Waals surface area (Å²) >= 11 is 0. The Morgan fingerprint density at radius 1 is 0.967 bits per heavy atom. The molecule has 0 spiro atoms. The zero-order chi connectivity index (χ0) is 22.3. The molecule has 1 heterocycles. The first kappa shape index (κ1) is 23.8. The number of anilines is 1. The van der Waals surface area contributed by atoms with E-state index in [1.807, 2.05) is 6.92 Å². The number of sulfonamides is 1. The van der Waals surface area contributed by atoms with E-state index in [0.717, 1.165) is 18.4 Å². The number of aryl methyl sites for hydroxylation is 1. The standard InChI is InChI=1S/C22H32N4O3S/c1-16(2)10-12-26(13-11-17(3)4)22(27)20-14-24-21(15-23-20)25-30(28,29)19-8-6-18(5)7-9-19/h6-9,14-17H,10-13H2,1-5H3,(H,24,25). The fourth-order valence-corrected chi connectivity index (χ4v) is 3.70. The Morgan fingerprint density at radius 3 is 2.00 bits per heavy atom. The second-order valence-corrected chi connectivity index (χ2v) is 10.0. The third-order valence-electron chi connectivity index (χ3n) is 4.68. The van der Waals surface area contributed by atoms with Gasteiger partial charge in [0, 0.05) is 13.1 Å². The van der Waals surface area contributed by atoms with E-state index in [4.69, 9.17) is 0 Å². The quantitative estimate of drug-likeness (QED) is 0.610. The van der Waals surface area contributed by atoms with Gasteiger partial charge in [-0.3, -0.25) is 9.52 Å². The van der Waals surface area contributed by atoms with Crippen molar-refractivity contribution in [2.75, 3.05) is 17.8 Å². The van der Waals surface area contributed by atoms with E-state index < -0.39 is 10.0 Å². The molecule has 0 fully saturated rings. The lowest BCUT2D eigenvalue weighted by Gasteiger charge is -2.24. The Kier molecular flexibility index (Phi) is 8.34. The van der Waals surface area contributed by atoms with Crippen molar-refractivity contribution in [2.45, 2.75) is 52.4 Å². The molecule has 0 bridgehead atoms. The number of nitrogens with one attached hydrogen (secondary N) is 1. The van der Waals surface area contributed by atoms with Gasteiger partial charge in [0.25, 0.3) is 15.9 Å². The topological polar surface area (TPSA) is 92.3 Å². The summed E-state index contributed by atoms with van der Waals surface area (Å²) in [6.45, 7) is 11.7. The summed E-state index contributed by atoms with van der Waals surface area (Å²) in [7, 11) is -3.76. The molecule has 2 rings (SSSR count). The van der Waals surface area contributed by atoms with Crippen LogP contribution in [0.1, 0.15) is 56.6 Å². The molecule has 1 aromatic heterocycles.